The third-order valence-electron chi connectivity index (χ3n) is 4.24. The van der Waals surface area contributed by atoms with Gasteiger partial charge in [-0.1, -0.05) is 13.8 Å². The zero-order valence-electron chi connectivity index (χ0n) is 10.8. The van der Waals surface area contributed by atoms with Crippen LogP contribution >= 0.6 is 0 Å². The molecule has 92 valence electrons. The Morgan fingerprint density at radius 3 is 2.25 bits per heavy atom. The molecule has 2 aliphatic rings. The number of carbonyl (C=O) groups excluding carboxylic acids is 1. The van der Waals surface area contributed by atoms with E-state index in [-0.39, 0.29) is 5.54 Å². The van der Waals surface area contributed by atoms with E-state index in [2.05, 4.69) is 31.0 Å². The van der Waals surface area contributed by atoms with Crippen molar-refractivity contribution in [3.8, 4) is 0 Å². The van der Waals surface area contributed by atoms with E-state index in [0.717, 1.165) is 45.3 Å². The summed E-state index contributed by atoms with van der Waals surface area (Å²) in [5.74, 6) is 0.320. The van der Waals surface area contributed by atoms with Crippen LogP contribution in [0.2, 0.25) is 0 Å². The molecular formula is C13H24N2O. The van der Waals surface area contributed by atoms with Gasteiger partial charge in [-0.2, -0.15) is 0 Å². The second-order valence-corrected chi connectivity index (χ2v) is 6.32. The molecule has 2 fully saturated rings. The topological polar surface area (TPSA) is 32.3 Å². The molecule has 1 atom stereocenters. The van der Waals surface area contributed by atoms with Gasteiger partial charge < -0.3 is 10.2 Å². The van der Waals surface area contributed by atoms with Crippen molar-refractivity contribution in [3.05, 3.63) is 0 Å². The van der Waals surface area contributed by atoms with E-state index in [1.807, 2.05) is 0 Å². The second-order valence-electron chi connectivity index (χ2n) is 6.32. The van der Waals surface area contributed by atoms with Crippen molar-refractivity contribution in [1.82, 2.24) is 10.2 Å². The Labute approximate surface area is 98.6 Å². The highest BCUT2D eigenvalue weighted by Gasteiger charge is 2.40. The minimum Gasteiger partial charge on any atom is -0.341 e. The molecule has 1 unspecified atom stereocenters. The summed E-state index contributed by atoms with van der Waals surface area (Å²) < 4.78 is 0. The number of carbonyl (C=O) groups is 1. The van der Waals surface area contributed by atoms with E-state index in [4.69, 9.17) is 0 Å². The summed E-state index contributed by atoms with van der Waals surface area (Å²) in [6.07, 6.45) is 4.39. The summed E-state index contributed by atoms with van der Waals surface area (Å²) in [6.45, 7) is 9.50. The van der Waals surface area contributed by atoms with Crippen LogP contribution in [-0.2, 0) is 4.79 Å². The lowest BCUT2D eigenvalue weighted by Crippen LogP contribution is -2.55. The van der Waals surface area contributed by atoms with Crippen molar-refractivity contribution >= 4 is 5.91 Å². The van der Waals surface area contributed by atoms with E-state index < -0.39 is 0 Å². The molecule has 0 saturated carbocycles. The molecule has 0 radical (unpaired) electrons. The standard InChI is InChI=1S/C13H24N2O/c1-12(2)6-9-15(10-7-12)11(16)13(3)5-4-8-14-13/h14H,4-10H2,1-3H3. The summed E-state index contributed by atoms with van der Waals surface area (Å²) in [7, 11) is 0. The third kappa shape index (κ3) is 2.24. The molecular weight excluding hydrogens is 200 g/mol. The van der Waals surface area contributed by atoms with Gasteiger partial charge in [0.1, 0.15) is 0 Å². The Morgan fingerprint density at radius 2 is 1.75 bits per heavy atom. The molecule has 2 heterocycles. The van der Waals surface area contributed by atoms with Gasteiger partial charge in [0, 0.05) is 13.1 Å². The van der Waals surface area contributed by atoms with Crippen molar-refractivity contribution in [2.75, 3.05) is 19.6 Å². The minimum atomic E-state index is -0.276. The Hall–Kier alpha value is -0.570. The second kappa shape index (κ2) is 4.02. The average molecular weight is 224 g/mol. The molecule has 0 spiro atoms. The summed E-state index contributed by atoms with van der Waals surface area (Å²) >= 11 is 0. The van der Waals surface area contributed by atoms with Crippen LogP contribution < -0.4 is 5.32 Å². The van der Waals surface area contributed by atoms with Gasteiger partial charge in [0.25, 0.3) is 0 Å². The highest BCUT2D eigenvalue weighted by atomic mass is 16.2. The van der Waals surface area contributed by atoms with E-state index in [0.29, 0.717) is 11.3 Å². The van der Waals surface area contributed by atoms with Gasteiger partial charge in [-0.05, 0) is 44.6 Å². The van der Waals surface area contributed by atoms with Crippen molar-refractivity contribution < 1.29 is 4.79 Å². The van der Waals surface area contributed by atoms with Crippen LogP contribution in [0.3, 0.4) is 0 Å². The van der Waals surface area contributed by atoms with Gasteiger partial charge >= 0.3 is 0 Å². The first kappa shape index (κ1) is 11.9. The first-order valence-corrected chi connectivity index (χ1v) is 6.47. The Kier molecular flexibility index (Phi) is 2.99. The molecule has 3 nitrogen and oxygen atoms in total. The zero-order chi connectivity index (χ0) is 11.8. The summed E-state index contributed by atoms with van der Waals surface area (Å²) in [5, 5.41) is 3.36. The van der Waals surface area contributed by atoms with Crippen molar-refractivity contribution in [3.63, 3.8) is 0 Å². The monoisotopic (exact) mass is 224 g/mol. The van der Waals surface area contributed by atoms with Gasteiger partial charge in [0.2, 0.25) is 5.91 Å². The fraction of sp³-hybridized carbons (Fsp3) is 0.923. The first-order valence-electron chi connectivity index (χ1n) is 6.47. The molecule has 2 rings (SSSR count). The molecule has 0 aromatic heterocycles. The number of rotatable bonds is 1. The minimum absolute atomic E-state index is 0.276. The molecule has 1 amide bonds. The predicted octanol–water partition coefficient (Wildman–Crippen LogP) is 1.78. The van der Waals surface area contributed by atoms with E-state index in [9.17, 15) is 4.79 Å². The fourth-order valence-corrected chi connectivity index (χ4v) is 2.74. The molecule has 2 aliphatic heterocycles. The maximum absolute atomic E-state index is 12.4. The van der Waals surface area contributed by atoms with Crippen LogP contribution in [0.25, 0.3) is 0 Å². The number of nitrogens with one attached hydrogen (secondary N) is 1. The molecule has 0 aromatic carbocycles. The largest absolute Gasteiger partial charge is 0.341 e. The van der Waals surface area contributed by atoms with Gasteiger partial charge in [-0.3, -0.25) is 4.79 Å². The van der Waals surface area contributed by atoms with Crippen molar-refractivity contribution in [1.29, 1.82) is 0 Å². The van der Waals surface area contributed by atoms with E-state index in [1.54, 1.807) is 0 Å². The number of hydrogen-bond acceptors (Lipinski definition) is 2. The molecule has 2 saturated heterocycles. The smallest absolute Gasteiger partial charge is 0.242 e. The lowest BCUT2D eigenvalue weighted by molar-refractivity contribution is -0.139. The van der Waals surface area contributed by atoms with Gasteiger partial charge in [0.15, 0.2) is 0 Å². The van der Waals surface area contributed by atoms with E-state index in [1.165, 1.54) is 0 Å². The summed E-state index contributed by atoms with van der Waals surface area (Å²) in [5.41, 5.74) is 0.141. The molecule has 1 N–H and O–H groups in total. The maximum Gasteiger partial charge on any atom is 0.242 e. The van der Waals surface area contributed by atoms with Gasteiger partial charge in [-0.15, -0.1) is 0 Å². The lowest BCUT2D eigenvalue weighted by atomic mass is 9.82. The molecule has 16 heavy (non-hydrogen) atoms. The van der Waals surface area contributed by atoms with Gasteiger partial charge in [0.05, 0.1) is 5.54 Å². The Bertz CT molecular complexity index is 270. The van der Waals surface area contributed by atoms with Crippen LogP contribution in [0.4, 0.5) is 0 Å². The van der Waals surface area contributed by atoms with Crippen LogP contribution in [0.1, 0.15) is 46.5 Å². The number of amides is 1. The molecule has 3 heteroatoms. The lowest BCUT2D eigenvalue weighted by Gasteiger charge is -2.40. The highest BCUT2D eigenvalue weighted by molar-refractivity contribution is 5.86. The first-order chi connectivity index (χ1) is 7.43. The van der Waals surface area contributed by atoms with Crippen LogP contribution in [0.5, 0.6) is 0 Å². The summed E-state index contributed by atoms with van der Waals surface area (Å²) in [4.78, 5) is 14.5. The SMILES string of the molecule is CC1(C)CCN(C(=O)C2(C)CCCN2)CC1. The highest BCUT2D eigenvalue weighted by Crippen LogP contribution is 2.31. The Morgan fingerprint density at radius 1 is 1.12 bits per heavy atom. The predicted molar refractivity (Wildman–Crippen MR) is 65.2 cm³/mol. The maximum atomic E-state index is 12.4. The van der Waals surface area contributed by atoms with Gasteiger partial charge in [-0.25, -0.2) is 0 Å². The van der Waals surface area contributed by atoms with Crippen LogP contribution in [0, 0.1) is 5.41 Å². The van der Waals surface area contributed by atoms with E-state index >= 15 is 0 Å². The Balaban J connectivity index is 1.96. The van der Waals surface area contributed by atoms with Crippen LogP contribution in [-0.4, -0.2) is 36.0 Å². The van der Waals surface area contributed by atoms with Crippen LogP contribution in [0.15, 0.2) is 0 Å². The normalized spacial score (nSPS) is 34.1. The zero-order valence-corrected chi connectivity index (χ0v) is 10.8. The number of nitrogens with zero attached hydrogens (tertiary/aromatic N) is 1. The third-order valence-corrected chi connectivity index (χ3v) is 4.24. The average Bonchev–Trinajstić information content (AvgIpc) is 2.66. The summed E-state index contributed by atoms with van der Waals surface area (Å²) in [6, 6.07) is 0. The number of piperidine rings is 1. The number of likely N-dealkylation sites (tertiary alicyclic amines) is 1. The van der Waals surface area contributed by atoms with Crippen molar-refractivity contribution in [2.45, 2.75) is 52.0 Å². The number of hydrogen-bond donors (Lipinski definition) is 1. The fourth-order valence-electron chi connectivity index (χ4n) is 2.74. The quantitative estimate of drug-likeness (QED) is 0.736. The molecule has 0 bridgehead atoms. The van der Waals surface area contributed by atoms with Crippen molar-refractivity contribution in [2.24, 2.45) is 5.41 Å². The molecule has 0 aromatic rings. The molecule has 0 aliphatic carbocycles.